The third kappa shape index (κ3) is 5.64. The molecule has 0 bridgehead atoms. The number of aromatic hydroxyl groups is 1. The van der Waals surface area contributed by atoms with Crippen LogP contribution in [0.25, 0.3) is 0 Å². The van der Waals surface area contributed by atoms with Crippen molar-refractivity contribution in [3.63, 3.8) is 0 Å². The summed E-state index contributed by atoms with van der Waals surface area (Å²) >= 11 is 12.2. The third-order valence-corrected chi connectivity index (χ3v) is 5.64. The average molecular weight is 438 g/mol. The lowest BCUT2D eigenvalue weighted by Crippen LogP contribution is -2.51. The number of halogens is 2. The number of carbonyl (C=O) groups excluding carboxylic acids is 1. The third-order valence-electron chi connectivity index (χ3n) is 5.15. The van der Waals surface area contributed by atoms with Gasteiger partial charge in [-0.1, -0.05) is 35.3 Å². The average Bonchev–Trinajstić information content (AvgIpc) is 2.68. The van der Waals surface area contributed by atoms with E-state index >= 15 is 0 Å². The van der Waals surface area contributed by atoms with Crippen molar-refractivity contribution in [3.8, 4) is 5.75 Å². The van der Waals surface area contributed by atoms with Crippen LogP contribution in [0, 0.1) is 0 Å². The van der Waals surface area contributed by atoms with Crippen molar-refractivity contribution in [1.82, 2.24) is 5.32 Å². The monoisotopic (exact) mass is 437 g/mol. The number of methoxy groups -OCH3 is 1. The highest BCUT2D eigenvalue weighted by Gasteiger charge is 2.41. The maximum atomic E-state index is 12.4. The second kappa shape index (κ2) is 9.35. The zero-order valence-electron chi connectivity index (χ0n) is 16.5. The van der Waals surface area contributed by atoms with Crippen molar-refractivity contribution in [3.05, 3.63) is 63.6 Å². The van der Waals surface area contributed by atoms with Crippen molar-refractivity contribution in [1.29, 1.82) is 0 Å². The molecule has 2 N–H and O–H groups in total. The predicted octanol–water partition coefficient (Wildman–Crippen LogP) is 5.20. The maximum Gasteiger partial charge on any atom is 0.222 e. The van der Waals surface area contributed by atoms with Gasteiger partial charge in [0.05, 0.1) is 18.8 Å². The molecule has 3 rings (SSSR count). The van der Waals surface area contributed by atoms with E-state index in [0.29, 0.717) is 35.1 Å². The zero-order valence-corrected chi connectivity index (χ0v) is 18.0. The highest BCUT2D eigenvalue weighted by atomic mass is 35.5. The molecule has 2 aromatic rings. The summed E-state index contributed by atoms with van der Waals surface area (Å²) in [6.07, 6.45) is 0.661. The molecule has 0 aliphatic carbocycles. The molecule has 1 aliphatic rings. The summed E-state index contributed by atoms with van der Waals surface area (Å²) < 4.78 is 11.4. The van der Waals surface area contributed by atoms with Gasteiger partial charge in [0, 0.05) is 47.5 Å². The van der Waals surface area contributed by atoms with Crippen molar-refractivity contribution in [2.75, 3.05) is 13.7 Å². The molecule has 1 fully saturated rings. The molecule has 0 saturated carbocycles. The summed E-state index contributed by atoms with van der Waals surface area (Å²) in [6, 6.07) is 12.4. The Balaban J connectivity index is 1.91. The lowest BCUT2D eigenvalue weighted by atomic mass is 9.81. The number of nitrogens with one attached hydrogen (secondary N) is 1. The van der Waals surface area contributed by atoms with Crippen LogP contribution in [0.2, 0.25) is 10.0 Å². The number of ether oxygens (including phenoxy) is 2. The Bertz CT molecular complexity index is 858. The van der Waals surface area contributed by atoms with E-state index in [4.69, 9.17) is 32.7 Å². The number of amides is 1. The summed E-state index contributed by atoms with van der Waals surface area (Å²) in [4.78, 5) is 12.4. The molecule has 1 saturated heterocycles. The zero-order chi connectivity index (χ0) is 21.0. The van der Waals surface area contributed by atoms with Crippen LogP contribution in [0.3, 0.4) is 0 Å². The van der Waals surface area contributed by atoms with E-state index in [9.17, 15) is 9.90 Å². The molecule has 1 aliphatic heterocycles. The van der Waals surface area contributed by atoms with Gasteiger partial charge in [-0.2, -0.15) is 0 Å². The summed E-state index contributed by atoms with van der Waals surface area (Å²) in [5.74, 6) is 0.0318. The van der Waals surface area contributed by atoms with Gasteiger partial charge in [0.25, 0.3) is 0 Å². The number of hydrogen-bond acceptors (Lipinski definition) is 4. The van der Waals surface area contributed by atoms with Crippen LogP contribution in [-0.4, -0.2) is 30.3 Å². The summed E-state index contributed by atoms with van der Waals surface area (Å²) in [7, 11) is 1.57. The first-order chi connectivity index (χ1) is 13.8. The number of phenolic OH excluding ortho intramolecular Hbond substituents is 1. The van der Waals surface area contributed by atoms with E-state index in [1.165, 1.54) is 0 Å². The van der Waals surface area contributed by atoms with Crippen LogP contribution in [0.5, 0.6) is 5.75 Å². The van der Waals surface area contributed by atoms with Crippen LogP contribution < -0.4 is 5.32 Å². The van der Waals surface area contributed by atoms with Gasteiger partial charge in [-0.05, 0) is 42.8 Å². The van der Waals surface area contributed by atoms with Gasteiger partial charge in [0.2, 0.25) is 5.91 Å². The Hall–Kier alpha value is -1.79. The number of hydrogen-bond donors (Lipinski definition) is 2. The molecule has 0 spiro atoms. The first-order valence-corrected chi connectivity index (χ1v) is 10.2. The normalized spacial score (nSPS) is 24.3. The molecule has 2 aromatic carbocycles. The maximum absolute atomic E-state index is 12.4. The van der Waals surface area contributed by atoms with Gasteiger partial charge in [0.1, 0.15) is 5.75 Å². The molecule has 0 aromatic heterocycles. The Morgan fingerprint density at radius 1 is 1.17 bits per heavy atom. The Labute approximate surface area is 180 Å². The van der Waals surface area contributed by atoms with Crippen LogP contribution in [0.15, 0.2) is 42.5 Å². The molecule has 3 atom stereocenters. The molecule has 1 amide bonds. The minimum Gasteiger partial charge on any atom is -0.508 e. The van der Waals surface area contributed by atoms with Crippen molar-refractivity contribution < 1.29 is 19.4 Å². The van der Waals surface area contributed by atoms with Crippen LogP contribution in [0.4, 0.5) is 0 Å². The molecule has 7 heteroatoms. The molecular weight excluding hydrogens is 413 g/mol. The van der Waals surface area contributed by atoms with Gasteiger partial charge in [0.15, 0.2) is 0 Å². The fourth-order valence-electron chi connectivity index (χ4n) is 3.73. The van der Waals surface area contributed by atoms with Crippen LogP contribution in [0.1, 0.15) is 49.5 Å². The van der Waals surface area contributed by atoms with E-state index in [1.54, 1.807) is 25.3 Å². The van der Waals surface area contributed by atoms with E-state index in [2.05, 4.69) is 5.32 Å². The van der Waals surface area contributed by atoms with E-state index < -0.39 is 11.6 Å². The summed E-state index contributed by atoms with van der Waals surface area (Å²) in [5, 5.41) is 14.7. The van der Waals surface area contributed by atoms with Gasteiger partial charge in [-0.25, -0.2) is 0 Å². The topological polar surface area (TPSA) is 67.8 Å². The fourth-order valence-corrected chi connectivity index (χ4v) is 4.04. The molecular formula is C22H25Cl2NO4. The molecule has 1 heterocycles. The highest BCUT2D eigenvalue weighted by molar-refractivity contribution is 6.30. The van der Waals surface area contributed by atoms with Crippen molar-refractivity contribution in [2.45, 2.75) is 43.9 Å². The number of carbonyl (C=O) groups is 1. The van der Waals surface area contributed by atoms with Crippen LogP contribution >= 0.6 is 23.2 Å². The van der Waals surface area contributed by atoms with Gasteiger partial charge in [-0.3, -0.25) is 4.79 Å². The summed E-state index contributed by atoms with van der Waals surface area (Å²) in [5.41, 5.74) is 1.03. The van der Waals surface area contributed by atoms with Crippen molar-refractivity contribution in [2.24, 2.45) is 0 Å². The first-order valence-electron chi connectivity index (χ1n) is 9.49. The van der Waals surface area contributed by atoms with E-state index in [1.807, 2.05) is 31.2 Å². The van der Waals surface area contributed by atoms with Gasteiger partial charge in [-0.15, -0.1) is 0 Å². The van der Waals surface area contributed by atoms with E-state index in [0.717, 1.165) is 5.56 Å². The minimum absolute atomic E-state index is 0.0832. The largest absolute Gasteiger partial charge is 0.508 e. The second-order valence-electron chi connectivity index (χ2n) is 7.63. The van der Waals surface area contributed by atoms with Crippen molar-refractivity contribution >= 4 is 29.1 Å². The smallest absolute Gasteiger partial charge is 0.222 e. The lowest BCUT2D eigenvalue weighted by molar-refractivity contribution is -0.129. The predicted molar refractivity (Wildman–Crippen MR) is 113 cm³/mol. The Kier molecular flexibility index (Phi) is 7.06. The Morgan fingerprint density at radius 3 is 2.52 bits per heavy atom. The standard InChI is InChI=1S/C22H25Cl2NO4/c1-22(25-21(27)9-10-28-2)12-19(14-3-5-15(23)6-4-14)29-20(13-22)17-11-16(24)7-8-18(17)26/h3-8,11,19-20,26H,9-10,12-13H2,1-2H3,(H,25,27)/t19-,20+,22-/m0/s1. The number of benzene rings is 2. The fraction of sp³-hybridized carbons (Fsp3) is 0.409. The number of phenols is 1. The van der Waals surface area contributed by atoms with Gasteiger partial charge < -0.3 is 19.9 Å². The van der Waals surface area contributed by atoms with Gasteiger partial charge >= 0.3 is 0 Å². The molecule has 0 radical (unpaired) electrons. The molecule has 156 valence electrons. The lowest BCUT2D eigenvalue weighted by Gasteiger charge is -2.43. The molecule has 29 heavy (non-hydrogen) atoms. The van der Waals surface area contributed by atoms with Crippen LogP contribution in [-0.2, 0) is 14.3 Å². The molecule has 0 unspecified atom stereocenters. The molecule has 5 nitrogen and oxygen atoms in total. The minimum atomic E-state index is -0.535. The Morgan fingerprint density at radius 2 is 1.83 bits per heavy atom. The second-order valence-corrected chi connectivity index (χ2v) is 8.50. The SMILES string of the molecule is COCCC(=O)N[C@@]1(C)C[C@@H](c2ccc(Cl)cc2)O[C@@H](c2cc(Cl)ccc2O)C1. The number of rotatable bonds is 6. The quantitative estimate of drug-likeness (QED) is 0.651. The highest BCUT2D eigenvalue weighted by Crippen LogP contribution is 2.46. The van der Waals surface area contributed by atoms with E-state index in [-0.39, 0.29) is 24.2 Å². The summed E-state index contributed by atoms with van der Waals surface area (Å²) in [6.45, 7) is 2.36. The first kappa shape index (κ1) is 21.9.